The third kappa shape index (κ3) is 2.79. The molecule has 0 aliphatic heterocycles. The van der Waals surface area contributed by atoms with Gasteiger partial charge in [0.05, 0.1) is 34.1 Å². The summed E-state index contributed by atoms with van der Waals surface area (Å²) in [7, 11) is 1.61. The number of fused-ring (bicyclic) bond motifs is 2. The summed E-state index contributed by atoms with van der Waals surface area (Å²) in [6.45, 7) is 0.306. The molecule has 2 aromatic carbocycles. The Morgan fingerprint density at radius 3 is 3.04 bits per heavy atom. The van der Waals surface area contributed by atoms with E-state index in [1.165, 1.54) is 22.7 Å². The molecule has 5 nitrogen and oxygen atoms in total. The molecule has 26 heavy (non-hydrogen) atoms. The average molecular weight is 379 g/mol. The second-order valence-electron chi connectivity index (χ2n) is 5.43. The van der Waals surface area contributed by atoms with Crippen molar-refractivity contribution in [3.8, 4) is 18.1 Å². The van der Waals surface area contributed by atoms with Crippen molar-refractivity contribution in [2.24, 2.45) is 4.99 Å². The average Bonchev–Trinajstić information content (AvgIpc) is 3.26. The molecule has 7 heteroatoms. The first-order valence-electron chi connectivity index (χ1n) is 7.73. The molecule has 128 valence electrons. The summed E-state index contributed by atoms with van der Waals surface area (Å²) in [5.41, 5.74) is 4.01. The number of methoxy groups -OCH3 is 1. The second kappa shape index (κ2) is 6.75. The van der Waals surface area contributed by atoms with Crippen LogP contribution in [0.25, 0.3) is 20.4 Å². The largest absolute Gasteiger partial charge is 0.495 e. The van der Waals surface area contributed by atoms with Gasteiger partial charge in [0.15, 0.2) is 4.80 Å². The van der Waals surface area contributed by atoms with E-state index in [2.05, 4.69) is 15.9 Å². The van der Waals surface area contributed by atoms with Crippen molar-refractivity contribution in [1.29, 1.82) is 0 Å². The molecule has 0 aliphatic carbocycles. The fourth-order valence-electron chi connectivity index (χ4n) is 2.73. The molecule has 2 heterocycles. The third-order valence-corrected chi connectivity index (χ3v) is 5.74. The van der Waals surface area contributed by atoms with Gasteiger partial charge in [-0.1, -0.05) is 23.3 Å². The highest BCUT2D eigenvalue weighted by Gasteiger charge is 2.13. The summed E-state index contributed by atoms with van der Waals surface area (Å²) in [5, 5.41) is 0. The van der Waals surface area contributed by atoms with Crippen molar-refractivity contribution in [1.82, 2.24) is 9.55 Å². The Bertz CT molecular complexity index is 1240. The van der Waals surface area contributed by atoms with Gasteiger partial charge >= 0.3 is 0 Å². The van der Waals surface area contributed by atoms with Gasteiger partial charge in [-0.2, -0.15) is 4.99 Å². The molecule has 4 rings (SSSR count). The maximum atomic E-state index is 12.7. The molecule has 2 aromatic heterocycles. The predicted octanol–water partition coefficient (Wildman–Crippen LogP) is 3.70. The number of ether oxygens (including phenoxy) is 1. The Balaban J connectivity index is 1.88. The fraction of sp³-hybridized carbons (Fsp3) is 0.105. The predicted molar refractivity (Wildman–Crippen MR) is 105 cm³/mol. The summed E-state index contributed by atoms with van der Waals surface area (Å²) in [5.74, 6) is 3.02. The van der Waals surface area contributed by atoms with E-state index >= 15 is 0 Å². The lowest BCUT2D eigenvalue weighted by atomic mass is 10.2. The molecule has 0 spiro atoms. The smallest absolute Gasteiger partial charge is 0.279 e. The maximum absolute atomic E-state index is 12.7. The van der Waals surface area contributed by atoms with Crippen LogP contribution in [0.15, 0.2) is 46.9 Å². The monoisotopic (exact) mass is 379 g/mol. The van der Waals surface area contributed by atoms with Gasteiger partial charge in [0, 0.05) is 5.56 Å². The highest BCUT2D eigenvalue weighted by Crippen LogP contribution is 2.27. The van der Waals surface area contributed by atoms with E-state index in [1.807, 2.05) is 34.9 Å². The Kier molecular flexibility index (Phi) is 4.29. The van der Waals surface area contributed by atoms with Gasteiger partial charge in [0.25, 0.3) is 5.91 Å². The lowest BCUT2D eigenvalue weighted by molar-refractivity contribution is 0.0998. The maximum Gasteiger partial charge on any atom is 0.279 e. The van der Waals surface area contributed by atoms with Crippen LogP contribution >= 0.6 is 22.7 Å². The van der Waals surface area contributed by atoms with Crippen LogP contribution in [0.1, 0.15) is 10.4 Å². The second-order valence-corrected chi connectivity index (χ2v) is 7.33. The zero-order valence-electron chi connectivity index (χ0n) is 13.8. The van der Waals surface area contributed by atoms with Gasteiger partial charge in [-0.25, -0.2) is 4.98 Å². The number of nitrogens with zero attached hydrogens (tertiary/aromatic N) is 3. The number of rotatable bonds is 3. The summed E-state index contributed by atoms with van der Waals surface area (Å²) < 4.78 is 9.20. The minimum Gasteiger partial charge on any atom is -0.495 e. The van der Waals surface area contributed by atoms with Crippen LogP contribution in [0, 0.1) is 12.3 Å². The minimum atomic E-state index is -0.309. The summed E-state index contributed by atoms with van der Waals surface area (Å²) >= 11 is 2.91. The van der Waals surface area contributed by atoms with Gasteiger partial charge in [0.1, 0.15) is 11.3 Å². The van der Waals surface area contributed by atoms with Crippen LogP contribution in [0.5, 0.6) is 5.75 Å². The Labute approximate surface area is 157 Å². The lowest BCUT2D eigenvalue weighted by Crippen LogP contribution is -2.16. The molecule has 0 unspecified atom stereocenters. The number of thiazole rings is 2. The SMILES string of the molecule is C#CCn1c(=NC(=O)c2ccc3ncsc3c2)sc2cccc(OC)c21. The van der Waals surface area contributed by atoms with Crippen LogP contribution in [-0.4, -0.2) is 22.6 Å². The molecule has 0 saturated heterocycles. The molecular weight excluding hydrogens is 366 g/mol. The van der Waals surface area contributed by atoms with E-state index in [9.17, 15) is 4.79 Å². The molecule has 0 aliphatic rings. The number of para-hydroxylation sites is 1. The number of carbonyl (C=O) groups is 1. The number of hydrogen-bond donors (Lipinski definition) is 0. The van der Waals surface area contributed by atoms with Crippen molar-refractivity contribution in [2.75, 3.05) is 7.11 Å². The molecule has 0 N–H and O–H groups in total. The van der Waals surface area contributed by atoms with Crippen LogP contribution < -0.4 is 9.54 Å². The van der Waals surface area contributed by atoms with Crippen molar-refractivity contribution in [2.45, 2.75) is 6.54 Å². The van der Waals surface area contributed by atoms with Crippen molar-refractivity contribution in [3.63, 3.8) is 0 Å². The number of carbonyl (C=O) groups excluding carboxylic acids is 1. The molecule has 1 amide bonds. The molecular formula is C19H13N3O2S2. The first kappa shape index (κ1) is 16.5. The third-order valence-electron chi connectivity index (χ3n) is 3.91. The number of terminal acetylenes is 1. The number of aromatic nitrogens is 2. The van der Waals surface area contributed by atoms with Crippen LogP contribution in [0.2, 0.25) is 0 Å². The zero-order valence-corrected chi connectivity index (χ0v) is 15.4. The summed E-state index contributed by atoms with van der Waals surface area (Å²) in [4.78, 5) is 21.8. The van der Waals surface area contributed by atoms with E-state index in [0.29, 0.717) is 22.7 Å². The molecule has 0 atom stereocenters. The van der Waals surface area contributed by atoms with Gasteiger partial charge in [-0.3, -0.25) is 4.79 Å². The van der Waals surface area contributed by atoms with Gasteiger partial charge < -0.3 is 9.30 Å². The van der Waals surface area contributed by atoms with Gasteiger partial charge in [-0.05, 0) is 30.3 Å². The van der Waals surface area contributed by atoms with E-state index in [0.717, 1.165) is 20.4 Å². The zero-order chi connectivity index (χ0) is 18.1. The molecule has 0 fully saturated rings. The molecule has 0 bridgehead atoms. The Morgan fingerprint density at radius 2 is 2.23 bits per heavy atom. The van der Waals surface area contributed by atoms with E-state index in [1.54, 1.807) is 18.7 Å². The minimum absolute atomic E-state index is 0.306. The number of amides is 1. The molecule has 0 radical (unpaired) electrons. The van der Waals surface area contributed by atoms with E-state index < -0.39 is 0 Å². The molecule has 4 aromatic rings. The standard InChI is InChI=1S/C19H13N3O2S2/c1-3-9-22-17-14(24-2)5-4-6-15(17)26-19(22)21-18(23)12-7-8-13-16(10-12)25-11-20-13/h1,4-8,10-11H,9H2,2H3. The number of hydrogen-bond acceptors (Lipinski definition) is 5. The first-order chi connectivity index (χ1) is 12.7. The van der Waals surface area contributed by atoms with E-state index in [4.69, 9.17) is 11.2 Å². The highest BCUT2D eigenvalue weighted by atomic mass is 32.1. The van der Waals surface area contributed by atoms with Crippen molar-refractivity contribution < 1.29 is 9.53 Å². The topological polar surface area (TPSA) is 56.5 Å². The number of benzene rings is 2. The lowest BCUT2D eigenvalue weighted by Gasteiger charge is -2.05. The normalized spacial score (nSPS) is 11.8. The summed E-state index contributed by atoms with van der Waals surface area (Å²) in [6, 6.07) is 11.1. The molecule has 0 saturated carbocycles. The van der Waals surface area contributed by atoms with Crippen molar-refractivity contribution in [3.05, 3.63) is 52.3 Å². The van der Waals surface area contributed by atoms with Crippen LogP contribution in [0.4, 0.5) is 0 Å². The Morgan fingerprint density at radius 1 is 1.35 bits per heavy atom. The van der Waals surface area contributed by atoms with Gasteiger partial charge in [0.2, 0.25) is 0 Å². The van der Waals surface area contributed by atoms with Gasteiger partial charge in [-0.15, -0.1) is 17.8 Å². The quantitative estimate of drug-likeness (QED) is 0.510. The van der Waals surface area contributed by atoms with Crippen LogP contribution in [0.3, 0.4) is 0 Å². The highest BCUT2D eigenvalue weighted by molar-refractivity contribution is 7.17. The van der Waals surface area contributed by atoms with E-state index in [-0.39, 0.29) is 5.91 Å². The first-order valence-corrected chi connectivity index (χ1v) is 9.43. The van der Waals surface area contributed by atoms with Crippen LogP contribution in [-0.2, 0) is 6.54 Å². The summed E-state index contributed by atoms with van der Waals surface area (Å²) in [6.07, 6.45) is 5.52. The fourth-order valence-corrected chi connectivity index (χ4v) is 4.49. The van der Waals surface area contributed by atoms with Crippen molar-refractivity contribution >= 4 is 49.0 Å². The Hall–Kier alpha value is -2.95.